The van der Waals surface area contributed by atoms with Crippen molar-refractivity contribution in [2.75, 3.05) is 184 Å². The van der Waals surface area contributed by atoms with Gasteiger partial charge in [-0.3, -0.25) is 83.3 Å². The van der Waals surface area contributed by atoms with Gasteiger partial charge in [0.05, 0.1) is 114 Å². The van der Waals surface area contributed by atoms with Crippen LogP contribution in [0.4, 0.5) is 4.79 Å². The predicted molar refractivity (Wildman–Crippen MR) is 448 cm³/mol. The molecule has 2 radical (unpaired) electrons. The van der Waals surface area contributed by atoms with Crippen molar-refractivity contribution in [3.05, 3.63) is 82.6 Å². The van der Waals surface area contributed by atoms with Crippen molar-refractivity contribution in [3.8, 4) is 23.0 Å². The van der Waals surface area contributed by atoms with Crippen LogP contribution in [0.2, 0.25) is 0 Å². The van der Waals surface area contributed by atoms with Crippen molar-refractivity contribution in [2.45, 2.75) is 90.8 Å². The van der Waals surface area contributed by atoms with Crippen LogP contribution in [0, 0.1) is 18.4 Å². The standard InChI is InChI=1S/C64H83N14O18.C10H14NO3S.C8H13NO2.2Nb/c1-40(79)67(3)28-52(80)69(5)30-54(82)71(7)32-56(84)73(9)34-58(86)75(11)36-60(88)77(13)37-61(89)76(12)35-59(87)74(10)33-57(85)72(8)31-55(83)70(6)29-53(81)68(4)27-41-18-16-17-19-42(41)38-94-64(91)66(2)20-21-78-62-45-24-50-51(96-39-95-50)25-47(45)65-26-46(62)43-22-48(92-14)49(93-15)23-44(43)63(78)90;12-6-4-2-1-3-5-11-9(13)7-8(15)10(11)14;1-6(2)4-8(11)9-7(3)5-10;;/h17-19,22-26H,20-21,27-39H2,1-15H3;8,15H,1-5,7H2;4,6-7H,1-3H3,(H,9,11);;/q2*-1;-2;2*+2/t;;7-;;/m..0../s1. The van der Waals surface area contributed by atoms with Crippen molar-refractivity contribution < 1.29 is 150 Å². The average molecular weight is 1910 g/mol. The number of carbonyl (C=O) groups excluding carboxylic acids is 17. The number of imide groups is 1. The second-order valence-electron chi connectivity index (χ2n) is 29.8. The van der Waals surface area contributed by atoms with Crippen LogP contribution in [0.15, 0.2) is 53.5 Å². The number of carbonyl (C=O) groups is 15. The van der Waals surface area contributed by atoms with Crippen molar-refractivity contribution in [2.24, 2.45) is 5.92 Å². The van der Waals surface area contributed by atoms with Gasteiger partial charge in [-0.15, -0.1) is 11.1 Å². The monoisotopic (exact) mass is 1900 g/mol. The number of methoxy groups -OCH3 is 2. The predicted octanol–water partition coefficient (Wildman–Crippen LogP) is 0.250. The molecule has 3 aromatic carbocycles. The molecule has 2 aliphatic heterocycles. The van der Waals surface area contributed by atoms with Gasteiger partial charge in [-0.05, 0) is 24.6 Å². The third kappa shape index (κ3) is 31.6. The molecule has 2 aromatic heterocycles. The fourth-order valence-electron chi connectivity index (χ4n) is 11.8. The molecule has 7 rings (SSSR count). The number of hydrogen-bond donors (Lipinski definition) is 2. The van der Waals surface area contributed by atoms with Crippen LogP contribution >= 0.6 is 12.6 Å². The van der Waals surface area contributed by atoms with Crippen LogP contribution in [0.3, 0.4) is 0 Å². The van der Waals surface area contributed by atoms with Crippen LogP contribution < -0.4 is 29.8 Å². The van der Waals surface area contributed by atoms with Crippen LogP contribution in [0.25, 0.3) is 32.6 Å². The molecule has 39 nitrogen and oxygen atoms in total. The number of rotatable bonds is 39. The zero-order chi connectivity index (χ0) is 91.3. The first kappa shape index (κ1) is 107. The number of pyridine rings is 2. The maximum absolute atomic E-state index is 14.5. The molecule has 0 bridgehead atoms. The zero-order valence-electron chi connectivity index (χ0n) is 73.2. The number of unbranched alkanes of at least 4 members (excludes halogenated alkanes) is 3. The Morgan fingerprint density at radius 1 is 0.565 bits per heavy atom. The molecule has 2 aliphatic rings. The Morgan fingerprint density at radius 3 is 1.41 bits per heavy atom. The minimum absolute atomic E-state index is 0. The number of nitrogens with one attached hydrogen (secondary N) is 1. The fraction of sp³-hybridized carbons (Fsp3) is 0.512. The quantitative estimate of drug-likeness (QED) is 0.0133. The number of aromatic nitrogens is 2. The number of benzene rings is 3. The first-order valence-electron chi connectivity index (χ1n) is 38.7. The van der Waals surface area contributed by atoms with E-state index >= 15 is 0 Å². The summed E-state index contributed by atoms with van der Waals surface area (Å²) in [7, 11) is 19.6. The summed E-state index contributed by atoms with van der Waals surface area (Å²) in [5.74, 6) is -4.80. The van der Waals surface area contributed by atoms with E-state index in [-0.39, 0.29) is 139 Å². The largest absolute Gasteiger partial charge is 2.00 e. The molecular formula is C82H110N16Nb2O23S. The number of fused-ring (bicyclic) bond motifs is 6. The van der Waals surface area contributed by atoms with E-state index in [0.29, 0.717) is 79.7 Å². The Labute approximate surface area is 756 Å². The molecule has 124 heavy (non-hydrogen) atoms. The number of thiol groups is 1. The summed E-state index contributed by atoms with van der Waals surface area (Å²) in [5.41, 5.74) is 1.94. The maximum Gasteiger partial charge on any atom is 2.00 e. The summed E-state index contributed by atoms with van der Waals surface area (Å²) in [5, 5.41) is 4.18. The van der Waals surface area contributed by atoms with Crippen molar-refractivity contribution >= 4 is 147 Å². The molecule has 1 saturated heterocycles. The summed E-state index contributed by atoms with van der Waals surface area (Å²) < 4.78 is 29.7. The molecule has 15 amide bonds. The molecule has 672 valence electrons. The molecule has 0 spiro atoms. The van der Waals surface area contributed by atoms with Crippen molar-refractivity contribution in [3.63, 3.8) is 0 Å². The fourth-order valence-corrected chi connectivity index (χ4v) is 12.1. The summed E-state index contributed by atoms with van der Waals surface area (Å²) in [6.45, 7) is 2.88. The van der Waals surface area contributed by atoms with E-state index < -0.39 is 122 Å². The van der Waals surface area contributed by atoms with Gasteiger partial charge in [0.15, 0.2) is 23.0 Å². The van der Waals surface area contributed by atoms with Crippen LogP contribution in [-0.4, -0.2) is 370 Å². The molecule has 4 heterocycles. The third-order valence-corrected chi connectivity index (χ3v) is 20.0. The molecule has 1 fully saturated rings. The number of amides is 15. The Balaban J connectivity index is 0.00000121. The second-order valence-corrected chi connectivity index (χ2v) is 30.4. The Kier molecular flexibility index (Phi) is 44.2. The van der Waals surface area contributed by atoms with Gasteiger partial charge in [-0.25, -0.2) is 11.1 Å². The minimum atomic E-state index is -0.691. The van der Waals surface area contributed by atoms with Gasteiger partial charge >= 0.3 is 50.9 Å². The number of likely N-dealkylation sites (N-methyl/N-ethyl adjacent to an activating group) is 12. The first-order chi connectivity index (χ1) is 57.5. The minimum Gasteiger partial charge on any atom is -0.542 e. The van der Waals surface area contributed by atoms with Gasteiger partial charge in [0.2, 0.25) is 83.6 Å². The Morgan fingerprint density at radius 2 is 1.00 bits per heavy atom. The number of ether oxygens (including phenoxy) is 5. The van der Waals surface area contributed by atoms with E-state index in [4.69, 9.17) is 28.7 Å². The van der Waals surface area contributed by atoms with E-state index in [2.05, 4.69) is 24.0 Å². The van der Waals surface area contributed by atoms with Gasteiger partial charge in [0, 0.05) is 153 Å². The van der Waals surface area contributed by atoms with Gasteiger partial charge in [-0.1, -0.05) is 39.7 Å². The Bertz CT molecular complexity index is 4770. The molecule has 0 saturated carbocycles. The number of nitrogens with zero attached hydrogens (tertiary/aromatic N) is 15. The summed E-state index contributed by atoms with van der Waals surface area (Å²) in [6, 6.07) is 14.3. The summed E-state index contributed by atoms with van der Waals surface area (Å²) >= 11 is 4.02. The first-order valence-corrected chi connectivity index (χ1v) is 39.2. The number of likely N-dealkylation sites (tertiary alicyclic amines) is 1. The average Bonchev–Trinajstić information content (AvgIpc) is 1.08. The van der Waals surface area contributed by atoms with E-state index in [1.165, 1.54) is 125 Å². The van der Waals surface area contributed by atoms with E-state index in [9.17, 15) is 86.3 Å². The van der Waals surface area contributed by atoms with Gasteiger partial charge < -0.3 is 113 Å². The van der Waals surface area contributed by atoms with E-state index in [0.717, 1.165) is 63.4 Å². The molecular weight excluding hydrogens is 1790 g/mol. The summed E-state index contributed by atoms with van der Waals surface area (Å²) in [6.07, 6.45) is 8.98. The number of hydrogen-bond acceptors (Lipinski definition) is 25. The topological polar surface area (TPSA) is 425 Å². The molecule has 2 atom stereocenters. The zero-order valence-corrected chi connectivity index (χ0v) is 78.5. The molecule has 5 aromatic rings. The van der Waals surface area contributed by atoms with E-state index in [1.54, 1.807) is 73.5 Å². The molecule has 1 unspecified atom stereocenters. The molecule has 1 N–H and O–H groups in total. The van der Waals surface area contributed by atoms with Crippen LogP contribution in [0.1, 0.15) is 70.9 Å². The van der Waals surface area contributed by atoms with Crippen LogP contribution in [-0.2, 0) is 146 Å². The van der Waals surface area contributed by atoms with E-state index in [1.807, 2.05) is 20.1 Å². The second kappa shape index (κ2) is 51.2. The van der Waals surface area contributed by atoms with Gasteiger partial charge in [0.25, 0.3) is 5.56 Å². The normalized spacial score (nSPS) is 12.4. The van der Waals surface area contributed by atoms with Crippen LogP contribution in [0.5, 0.6) is 23.0 Å². The smallest absolute Gasteiger partial charge is 0.542 e. The third-order valence-electron chi connectivity index (χ3n) is 19.6. The summed E-state index contributed by atoms with van der Waals surface area (Å²) in [4.78, 5) is 243. The SMILES string of the molecule is CC(C)[CH-]C(=O)N[C@@H](C)[C-]=O.COc1cc2c(=O)n(CCN(C)C(=O)OCc3cc[c-]cc3CN(C)C(=O)CN(C)C(=O)CN(C)C(=O)CN(C)C(=O)CN(C)C(=O)CN(C)C(=O)CN(C)C(=O)CN(C)C(=O)CN(C)C(=O)CN(C)C(=O)CN(C)C(C)=O)c3c4cc5c(cc4ncc3c2cc1OC)OCO5.O=[C-]CCCCCN1C(=O)CC(S)C1=O.[Nb+2].[Nb+2]. The van der Waals surface area contributed by atoms with Crippen molar-refractivity contribution in [1.29, 1.82) is 0 Å². The molecule has 0 aliphatic carbocycles. The maximum atomic E-state index is 14.5. The van der Waals surface area contributed by atoms with Crippen molar-refractivity contribution in [1.82, 2.24) is 78.6 Å². The van der Waals surface area contributed by atoms with Gasteiger partial charge in [-0.2, -0.15) is 49.2 Å². The van der Waals surface area contributed by atoms with Gasteiger partial charge in [0.1, 0.15) is 0 Å². The molecule has 42 heteroatoms. The Hall–Kier alpha value is -11.2.